The van der Waals surface area contributed by atoms with Crippen LogP contribution in [0.3, 0.4) is 0 Å². The fourth-order valence-electron chi connectivity index (χ4n) is 2.08. The Hall–Kier alpha value is -2.41. The first-order valence-corrected chi connectivity index (χ1v) is 6.76. The molecule has 1 amide bonds. The predicted molar refractivity (Wildman–Crippen MR) is 72.7 cm³/mol. The van der Waals surface area contributed by atoms with Crippen LogP contribution < -0.4 is 9.64 Å². The summed E-state index contributed by atoms with van der Waals surface area (Å²) in [6.45, 7) is 0.647. The Morgan fingerprint density at radius 3 is 2.95 bits per heavy atom. The van der Waals surface area contributed by atoms with E-state index >= 15 is 0 Å². The summed E-state index contributed by atoms with van der Waals surface area (Å²) in [6, 6.07) is 4.74. The number of carboxylic acids is 1. The maximum Gasteiger partial charge on any atom is 0.339 e. The molecule has 102 valence electrons. The molecular weight excluding hydrogens is 280 g/mol. The van der Waals surface area contributed by atoms with Crippen LogP contribution in [-0.4, -0.2) is 35.1 Å². The van der Waals surface area contributed by atoms with Gasteiger partial charge in [-0.2, -0.15) is 0 Å². The second kappa shape index (κ2) is 4.93. The molecule has 1 aromatic heterocycles. The number of rotatable bonds is 2. The van der Waals surface area contributed by atoms with Crippen molar-refractivity contribution in [3.8, 4) is 5.75 Å². The van der Waals surface area contributed by atoms with Crippen molar-refractivity contribution in [3.63, 3.8) is 0 Å². The van der Waals surface area contributed by atoms with Gasteiger partial charge in [0.1, 0.15) is 17.0 Å². The van der Waals surface area contributed by atoms with E-state index in [2.05, 4.69) is 4.98 Å². The summed E-state index contributed by atoms with van der Waals surface area (Å²) in [7, 11) is 0. The number of anilines is 1. The summed E-state index contributed by atoms with van der Waals surface area (Å²) >= 11 is 1.25. The van der Waals surface area contributed by atoms with E-state index in [1.807, 2.05) is 0 Å². The van der Waals surface area contributed by atoms with E-state index in [4.69, 9.17) is 9.84 Å². The number of carbonyl (C=O) groups excluding carboxylic acids is 1. The van der Waals surface area contributed by atoms with Gasteiger partial charge in [-0.1, -0.05) is 6.07 Å². The number of nitrogens with zero attached hydrogens (tertiary/aromatic N) is 2. The standard InChI is InChI=1S/C13H10N2O4S/c16-12(10-6-14-7-20-10)15-4-5-19-11-8(13(17)18)2-1-3-9(11)15/h1-3,6-7H,4-5H2,(H,17,18). The molecule has 0 fully saturated rings. The van der Waals surface area contributed by atoms with Crippen LogP contribution in [0.4, 0.5) is 5.69 Å². The van der Waals surface area contributed by atoms with Crippen LogP contribution >= 0.6 is 11.3 Å². The Balaban J connectivity index is 2.05. The molecule has 1 aromatic carbocycles. The number of hydrogen-bond acceptors (Lipinski definition) is 5. The zero-order valence-corrected chi connectivity index (χ0v) is 11.1. The average Bonchev–Trinajstić information content (AvgIpc) is 2.99. The van der Waals surface area contributed by atoms with Crippen LogP contribution in [0.5, 0.6) is 5.75 Å². The maximum absolute atomic E-state index is 12.4. The molecule has 20 heavy (non-hydrogen) atoms. The topological polar surface area (TPSA) is 79.7 Å². The van der Waals surface area contributed by atoms with Crippen LogP contribution in [0.2, 0.25) is 0 Å². The van der Waals surface area contributed by atoms with Crippen molar-refractivity contribution in [2.75, 3.05) is 18.1 Å². The number of ether oxygens (including phenoxy) is 1. The highest BCUT2D eigenvalue weighted by Gasteiger charge is 2.28. The molecule has 6 nitrogen and oxygen atoms in total. The Bertz CT molecular complexity index is 669. The Morgan fingerprint density at radius 2 is 2.25 bits per heavy atom. The smallest absolute Gasteiger partial charge is 0.339 e. The molecule has 0 bridgehead atoms. The number of amides is 1. The van der Waals surface area contributed by atoms with Crippen LogP contribution in [0, 0.1) is 0 Å². The van der Waals surface area contributed by atoms with E-state index in [1.165, 1.54) is 28.5 Å². The van der Waals surface area contributed by atoms with Gasteiger partial charge < -0.3 is 14.7 Å². The second-order valence-corrected chi connectivity index (χ2v) is 5.02. The molecule has 0 unspecified atom stereocenters. The first-order valence-electron chi connectivity index (χ1n) is 5.88. The molecule has 1 aliphatic heterocycles. The van der Waals surface area contributed by atoms with Crippen LogP contribution in [0.1, 0.15) is 20.0 Å². The van der Waals surface area contributed by atoms with Gasteiger partial charge >= 0.3 is 5.97 Å². The van der Waals surface area contributed by atoms with E-state index in [9.17, 15) is 9.59 Å². The molecule has 7 heteroatoms. The minimum atomic E-state index is -1.08. The van der Waals surface area contributed by atoms with Crippen LogP contribution in [0.25, 0.3) is 0 Å². The summed E-state index contributed by atoms with van der Waals surface area (Å²) in [5.74, 6) is -1.03. The number of para-hydroxylation sites is 1. The highest BCUT2D eigenvalue weighted by molar-refractivity contribution is 7.11. The summed E-state index contributed by atoms with van der Waals surface area (Å²) < 4.78 is 5.43. The molecule has 0 atom stereocenters. The average molecular weight is 290 g/mol. The lowest BCUT2D eigenvalue weighted by atomic mass is 10.1. The Labute approximate surface area is 118 Å². The minimum absolute atomic E-state index is 0.0595. The lowest BCUT2D eigenvalue weighted by molar-refractivity contribution is 0.0690. The quantitative estimate of drug-likeness (QED) is 0.913. The molecular formula is C13H10N2O4S. The van der Waals surface area contributed by atoms with Gasteiger partial charge in [0.2, 0.25) is 0 Å². The van der Waals surface area contributed by atoms with Gasteiger partial charge in [-0.05, 0) is 12.1 Å². The number of aromatic nitrogens is 1. The summed E-state index contributed by atoms with van der Waals surface area (Å²) in [5.41, 5.74) is 2.13. The third-order valence-electron chi connectivity index (χ3n) is 2.97. The highest BCUT2D eigenvalue weighted by atomic mass is 32.1. The van der Waals surface area contributed by atoms with E-state index in [0.29, 0.717) is 17.1 Å². The molecule has 2 heterocycles. The molecule has 0 saturated carbocycles. The summed E-state index contributed by atoms with van der Waals surface area (Å²) in [4.78, 5) is 29.5. The van der Waals surface area contributed by atoms with Gasteiger partial charge in [0.05, 0.1) is 23.9 Å². The van der Waals surface area contributed by atoms with Gasteiger partial charge in [-0.3, -0.25) is 9.78 Å². The SMILES string of the molecule is O=C(O)c1cccc2c1OCCN2C(=O)c1cncs1. The van der Waals surface area contributed by atoms with Gasteiger partial charge in [-0.25, -0.2) is 4.79 Å². The van der Waals surface area contributed by atoms with Crippen molar-refractivity contribution in [1.29, 1.82) is 0 Å². The van der Waals surface area contributed by atoms with Crippen molar-refractivity contribution >= 4 is 28.9 Å². The van der Waals surface area contributed by atoms with Crippen molar-refractivity contribution in [2.45, 2.75) is 0 Å². The summed E-state index contributed by atoms with van der Waals surface area (Å²) in [6.07, 6.45) is 1.50. The van der Waals surface area contributed by atoms with Gasteiger partial charge in [-0.15, -0.1) is 11.3 Å². The largest absolute Gasteiger partial charge is 0.489 e. The van der Waals surface area contributed by atoms with E-state index < -0.39 is 5.97 Å². The Morgan fingerprint density at radius 1 is 1.40 bits per heavy atom. The van der Waals surface area contributed by atoms with Crippen LogP contribution in [0.15, 0.2) is 29.9 Å². The zero-order valence-electron chi connectivity index (χ0n) is 10.3. The third-order valence-corrected chi connectivity index (χ3v) is 3.73. The van der Waals surface area contributed by atoms with Gasteiger partial charge in [0, 0.05) is 0 Å². The molecule has 0 aliphatic carbocycles. The van der Waals surface area contributed by atoms with Gasteiger partial charge in [0.15, 0.2) is 5.75 Å². The molecule has 1 aliphatic rings. The predicted octanol–water partition coefficient (Wildman–Crippen LogP) is 1.88. The van der Waals surface area contributed by atoms with Crippen LogP contribution in [-0.2, 0) is 0 Å². The number of carboxylic acid groups (broad SMARTS) is 1. The molecule has 3 rings (SSSR count). The van der Waals surface area contributed by atoms with E-state index in [0.717, 1.165) is 0 Å². The highest BCUT2D eigenvalue weighted by Crippen LogP contribution is 2.35. The van der Waals surface area contributed by atoms with E-state index in [-0.39, 0.29) is 23.8 Å². The first kappa shape index (κ1) is 12.6. The molecule has 0 radical (unpaired) electrons. The number of thiazole rings is 1. The fraction of sp³-hybridized carbons (Fsp3) is 0.154. The number of benzene rings is 1. The molecule has 0 spiro atoms. The molecule has 1 N–H and O–H groups in total. The lowest BCUT2D eigenvalue weighted by Crippen LogP contribution is -2.38. The third kappa shape index (κ3) is 2.01. The van der Waals surface area contributed by atoms with Crippen molar-refractivity contribution < 1.29 is 19.4 Å². The minimum Gasteiger partial charge on any atom is -0.489 e. The monoisotopic (exact) mass is 290 g/mol. The molecule has 2 aromatic rings. The van der Waals surface area contributed by atoms with Crippen molar-refractivity contribution in [1.82, 2.24) is 4.98 Å². The van der Waals surface area contributed by atoms with Gasteiger partial charge in [0.25, 0.3) is 5.91 Å². The zero-order chi connectivity index (χ0) is 14.1. The first-order chi connectivity index (χ1) is 9.68. The Kier molecular flexibility index (Phi) is 3.11. The van der Waals surface area contributed by atoms with Crippen molar-refractivity contribution in [3.05, 3.63) is 40.3 Å². The normalized spacial score (nSPS) is 13.5. The number of hydrogen-bond donors (Lipinski definition) is 1. The maximum atomic E-state index is 12.4. The van der Waals surface area contributed by atoms with Crippen molar-refractivity contribution in [2.24, 2.45) is 0 Å². The number of carbonyl (C=O) groups is 2. The lowest BCUT2D eigenvalue weighted by Gasteiger charge is -2.29. The second-order valence-electron chi connectivity index (χ2n) is 4.13. The number of aromatic carboxylic acids is 1. The molecule has 0 saturated heterocycles. The fourth-order valence-corrected chi connectivity index (χ4v) is 2.65. The number of fused-ring (bicyclic) bond motifs is 1. The summed E-state index contributed by atoms with van der Waals surface area (Å²) in [5, 5.41) is 9.16. The van der Waals surface area contributed by atoms with E-state index in [1.54, 1.807) is 17.6 Å².